The average molecular weight is 525 g/mol. The molecule has 0 radical (unpaired) electrons. The molecule has 0 aromatic heterocycles. The Bertz CT molecular complexity index is 1270. The van der Waals surface area contributed by atoms with Crippen LogP contribution in [-0.2, 0) is 14.8 Å². The van der Waals surface area contributed by atoms with Gasteiger partial charge in [-0.05, 0) is 68.1 Å². The van der Waals surface area contributed by atoms with Crippen molar-refractivity contribution in [3.05, 3.63) is 83.9 Å². The monoisotopic (exact) mass is 524 g/mol. The predicted molar refractivity (Wildman–Crippen MR) is 147 cm³/mol. The van der Waals surface area contributed by atoms with Crippen LogP contribution in [0.2, 0.25) is 0 Å². The summed E-state index contributed by atoms with van der Waals surface area (Å²) in [5.74, 6) is 1.01. The van der Waals surface area contributed by atoms with E-state index in [2.05, 4.69) is 19.2 Å². The zero-order valence-electron chi connectivity index (χ0n) is 22.1. The van der Waals surface area contributed by atoms with E-state index in [0.717, 1.165) is 21.2 Å². The van der Waals surface area contributed by atoms with Crippen LogP contribution in [-0.4, -0.2) is 34.6 Å². The van der Waals surface area contributed by atoms with Gasteiger partial charge in [0.05, 0.1) is 30.3 Å². The summed E-state index contributed by atoms with van der Waals surface area (Å²) < 4.78 is 39.7. The molecule has 3 aromatic rings. The number of sulfonamides is 1. The van der Waals surface area contributed by atoms with Gasteiger partial charge in [0.1, 0.15) is 18.0 Å². The number of amides is 1. The van der Waals surface area contributed by atoms with Gasteiger partial charge >= 0.3 is 0 Å². The third kappa shape index (κ3) is 7.26. The van der Waals surface area contributed by atoms with E-state index in [9.17, 15) is 13.2 Å². The molecule has 0 saturated heterocycles. The number of rotatable bonds is 12. The molecule has 1 N–H and O–H groups in total. The van der Waals surface area contributed by atoms with Gasteiger partial charge in [-0.2, -0.15) is 0 Å². The van der Waals surface area contributed by atoms with Gasteiger partial charge in [-0.25, -0.2) is 8.42 Å². The smallest absolute Gasteiger partial charge is 0.264 e. The largest absolute Gasteiger partial charge is 0.497 e. The van der Waals surface area contributed by atoms with Crippen LogP contribution in [0.3, 0.4) is 0 Å². The highest BCUT2D eigenvalue weighted by Gasteiger charge is 2.30. The third-order valence-corrected chi connectivity index (χ3v) is 7.66. The zero-order valence-corrected chi connectivity index (χ0v) is 22.9. The topological polar surface area (TPSA) is 84.9 Å². The van der Waals surface area contributed by atoms with Crippen LogP contribution in [0, 0.1) is 12.8 Å². The van der Waals surface area contributed by atoms with E-state index >= 15 is 0 Å². The summed E-state index contributed by atoms with van der Waals surface area (Å²) in [5, 5.41) is 3.06. The average Bonchev–Trinajstić information content (AvgIpc) is 2.87. The number of hydrogen-bond donors (Lipinski definition) is 1. The second kappa shape index (κ2) is 12.6. The third-order valence-electron chi connectivity index (χ3n) is 5.89. The van der Waals surface area contributed by atoms with E-state index in [1.807, 2.05) is 38.1 Å². The van der Waals surface area contributed by atoms with Gasteiger partial charge in [-0.3, -0.25) is 9.10 Å². The van der Waals surface area contributed by atoms with Crippen LogP contribution in [0.15, 0.2) is 77.7 Å². The molecule has 3 rings (SSSR count). The number of aryl methyl sites for hydroxylation is 1. The number of anilines is 1. The normalized spacial score (nSPS) is 12.2. The quantitative estimate of drug-likeness (QED) is 0.338. The molecule has 0 aliphatic heterocycles. The molecular weight excluding hydrogens is 488 g/mol. The lowest BCUT2D eigenvalue weighted by molar-refractivity contribution is -0.120. The maximum Gasteiger partial charge on any atom is 0.264 e. The van der Waals surface area contributed by atoms with Crippen LogP contribution in [0.25, 0.3) is 0 Å². The van der Waals surface area contributed by atoms with Gasteiger partial charge in [-0.1, -0.05) is 55.8 Å². The Balaban J connectivity index is 1.97. The summed E-state index contributed by atoms with van der Waals surface area (Å²) in [7, 11) is -2.46. The molecule has 0 bridgehead atoms. The van der Waals surface area contributed by atoms with E-state index in [0.29, 0.717) is 30.4 Å². The van der Waals surface area contributed by atoms with Crippen LogP contribution in [0.4, 0.5) is 5.69 Å². The summed E-state index contributed by atoms with van der Waals surface area (Å²) in [6.07, 6.45) is 0.693. The summed E-state index contributed by atoms with van der Waals surface area (Å²) in [4.78, 5) is 13.5. The summed E-state index contributed by atoms with van der Waals surface area (Å²) in [6, 6.07) is 20.7. The highest BCUT2D eigenvalue weighted by molar-refractivity contribution is 7.92. The minimum Gasteiger partial charge on any atom is -0.497 e. The van der Waals surface area contributed by atoms with E-state index in [-0.39, 0.29) is 10.9 Å². The Morgan fingerprint density at radius 3 is 2.22 bits per heavy atom. The molecule has 37 heavy (non-hydrogen) atoms. The lowest BCUT2D eigenvalue weighted by atomic mass is 9.97. The van der Waals surface area contributed by atoms with Gasteiger partial charge in [0.15, 0.2) is 0 Å². The van der Waals surface area contributed by atoms with Gasteiger partial charge < -0.3 is 14.8 Å². The van der Waals surface area contributed by atoms with Crippen molar-refractivity contribution in [2.75, 3.05) is 24.6 Å². The van der Waals surface area contributed by atoms with Crippen molar-refractivity contribution in [2.45, 2.75) is 45.1 Å². The lowest BCUT2D eigenvalue weighted by Gasteiger charge is -2.28. The number of carbonyl (C=O) groups is 1. The van der Waals surface area contributed by atoms with E-state index in [1.165, 1.54) is 0 Å². The van der Waals surface area contributed by atoms with Crippen LogP contribution in [0.1, 0.15) is 44.4 Å². The van der Waals surface area contributed by atoms with Crippen LogP contribution >= 0.6 is 0 Å². The van der Waals surface area contributed by atoms with Crippen molar-refractivity contribution in [1.29, 1.82) is 0 Å². The van der Waals surface area contributed by atoms with Crippen LogP contribution in [0.5, 0.6) is 11.5 Å². The standard InChI is InChI=1S/C29H36N2O5S/c1-6-36-28-10-8-7-9-27(28)31(37(33,34)25-17-11-22(4)12-18-25)20-29(32)30-26(19-21(2)3)23-13-15-24(35-5)16-14-23/h7-18,21,26H,6,19-20H2,1-5H3,(H,30,32)/t26-/m1/s1. The molecule has 7 nitrogen and oxygen atoms in total. The van der Waals surface area contributed by atoms with Gasteiger partial charge in [-0.15, -0.1) is 0 Å². The first-order valence-electron chi connectivity index (χ1n) is 12.4. The molecule has 198 valence electrons. The fourth-order valence-corrected chi connectivity index (χ4v) is 5.47. The van der Waals surface area contributed by atoms with E-state index < -0.39 is 22.5 Å². The Morgan fingerprint density at radius 1 is 0.973 bits per heavy atom. The first-order chi connectivity index (χ1) is 17.6. The molecular formula is C29H36N2O5S. The van der Waals surface area contributed by atoms with Gasteiger partial charge in [0.25, 0.3) is 10.0 Å². The number of carbonyl (C=O) groups excluding carboxylic acids is 1. The molecule has 0 aliphatic carbocycles. The molecule has 0 saturated carbocycles. The van der Waals surface area contributed by atoms with Crippen molar-refractivity contribution in [3.63, 3.8) is 0 Å². The van der Waals surface area contributed by atoms with Crippen molar-refractivity contribution < 1.29 is 22.7 Å². The minimum atomic E-state index is -4.06. The molecule has 1 atom stereocenters. The van der Waals surface area contributed by atoms with Crippen molar-refractivity contribution >= 4 is 21.6 Å². The Kier molecular flexibility index (Phi) is 9.58. The Morgan fingerprint density at radius 2 is 1.62 bits per heavy atom. The van der Waals surface area contributed by atoms with Crippen molar-refractivity contribution in [2.24, 2.45) is 5.92 Å². The first kappa shape index (κ1) is 28.1. The number of nitrogens with zero attached hydrogens (tertiary/aromatic N) is 1. The number of benzene rings is 3. The highest BCUT2D eigenvalue weighted by Crippen LogP contribution is 2.33. The maximum absolute atomic E-state index is 13.8. The number of methoxy groups -OCH3 is 1. The lowest BCUT2D eigenvalue weighted by Crippen LogP contribution is -2.42. The maximum atomic E-state index is 13.8. The SMILES string of the molecule is CCOc1ccccc1N(CC(=O)N[C@H](CC(C)C)c1ccc(OC)cc1)S(=O)(=O)c1ccc(C)cc1. The molecule has 8 heteroatoms. The molecule has 1 amide bonds. The summed E-state index contributed by atoms with van der Waals surface area (Å²) >= 11 is 0. The molecule has 0 fully saturated rings. The number of ether oxygens (including phenoxy) is 2. The van der Waals surface area contributed by atoms with E-state index in [1.54, 1.807) is 55.6 Å². The van der Waals surface area contributed by atoms with Crippen molar-refractivity contribution in [3.8, 4) is 11.5 Å². The molecule has 0 spiro atoms. The summed E-state index contributed by atoms with van der Waals surface area (Å²) in [6.45, 7) is 7.83. The first-order valence-corrected chi connectivity index (χ1v) is 13.8. The molecule has 0 unspecified atom stereocenters. The van der Waals surface area contributed by atoms with Gasteiger partial charge in [0.2, 0.25) is 5.91 Å². The molecule has 0 aliphatic rings. The fourth-order valence-electron chi connectivity index (χ4n) is 4.03. The second-order valence-corrected chi connectivity index (χ2v) is 11.1. The summed E-state index contributed by atoms with van der Waals surface area (Å²) in [5.41, 5.74) is 2.17. The molecule has 0 heterocycles. The van der Waals surface area contributed by atoms with Crippen molar-refractivity contribution in [1.82, 2.24) is 5.32 Å². The Labute approximate surface area is 220 Å². The zero-order chi connectivity index (χ0) is 27.0. The van der Waals surface area contributed by atoms with Gasteiger partial charge in [0, 0.05) is 0 Å². The molecule has 3 aromatic carbocycles. The second-order valence-electron chi connectivity index (χ2n) is 9.25. The predicted octanol–water partition coefficient (Wildman–Crippen LogP) is 5.50. The van der Waals surface area contributed by atoms with Crippen LogP contribution < -0.4 is 19.1 Å². The number of para-hydroxylation sites is 2. The highest BCUT2D eigenvalue weighted by atomic mass is 32.2. The number of hydrogen-bond acceptors (Lipinski definition) is 5. The van der Waals surface area contributed by atoms with E-state index in [4.69, 9.17) is 9.47 Å². The number of nitrogens with one attached hydrogen (secondary N) is 1. The fraction of sp³-hybridized carbons (Fsp3) is 0.345. The minimum absolute atomic E-state index is 0.103. The Hall–Kier alpha value is -3.52.